The van der Waals surface area contributed by atoms with Crippen LogP contribution in [0.15, 0.2) is 23.2 Å². The van der Waals surface area contributed by atoms with Gasteiger partial charge in [-0.05, 0) is 38.2 Å². The molecule has 0 bridgehead atoms. The van der Waals surface area contributed by atoms with Gasteiger partial charge in [-0.3, -0.25) is 4.79 Å². The van der Waals surface area contributed by atoms with Crippen LogP contribution in [0.3, 0.4) is 0 Å². The monoisotopic (exact) mass is 267 g/mol. The highest BCUT2D eigenvalue weighted by Gasteiger charge is 2.08. The third-order valence-corrected chi connectivity index (χ3v) is 3.75. The van der Waals surface area contributed by atoms with Crippen LogP contribution in [0.2, 0.25) is 0 Å². The summed E-state index contributed by atoms with van der Waals surface area (Å²) in [5.74, 6) is 1.71. The van der Waals surface area contributed by atoms with Crippen LogP contribution in [-0.4, -0.2) is 34.6 Å². The third-order valence-electron chi connectivity index (χ3n) is 2.68. The number of carbonyl (C=O) groups is 1. The molecular formula is C13H21N3OS. The number of hydrogen-bond acceptors (Lipinski definition) is 4. The smallest absolute Gasteiger partial charge is 0.222 e. The molecule has 1 aromatic rings. The van der Waals surface area contributed by atoms with Crippen molar-refractivity contribution in [3.05, 3.63) is 18.3 Å². The Morgan fingerprint density at radius 1 is 1.39 bits per heavy atom. The van der Waals surface area contributed by atoms with Crippen LogP contribution in [0.25, 0.3) is 0 Å². The second-order valence-electron chi connectivity index (χ2n) is 3.94. The summed E-state index contributed by atoms with van der Waals surface area (Å²) in [4.78, 5) is 18.7. The number of thioether (sulfide) groups is 1. The Kier molecular flexibility index (Phi) is 6.57. The van der Waals surface area contributed by atoms with Crippen molar-refractivity contribution in [3.63, 3.8) is 0 Å². The molecule has 1 heterocycles. The predicted octanol–water partition coefficient (Wildman–Crippen LogP) is 2.40. The van der Waals surface area contributed by atoms with E-state index in [1.54, 1.807) is 24.0 Å². The van der Waals surface area contributed by atoms with E-state index in [-0.39, 0.29) is 5.91 Å². The van der Waals surface area contributed by atoms with Crippen LogP contribution in [0.4, 0.5) is 5.82 Å². The molecule has 5 heteroatoms. The summed E-state index contributed by atoms with van der Waals surface area (Å²) < 4.78 is 0. The van der Waals surface area contributed by atoms with Gasteiger partial charge in [-0.15, -0.1) is 11.8 Å². The van der Waals surface area contributed by atoms with Gasteiger partial charge in [-0.1, -0.05) is 0 Å². The molecule has 0 fully saturated rings. The second kappa shape index (κ2) is 7.97. The van der Waals surface area contributed by atoms with Gasteiger partial charge in [0.1, 0.15) is 5.82 Å². The largest absolute Gasteiger partial charge is 0.384 e. The predicted molar refractivity (Wildman–Crippen MR) is 76.5 cm³/mol. The zero-order valence-electron chi connectivity index (χ0n) is 11.1. The van der Waals surface area contributed by atoms with Gasteiger partial charge in [0.2, 0.25) is 5.91 Å². The zero-order chi connectivity index (χ0) is 13.4. The Morgan fingerprint density at radius 2 is 2.11 bits per heavy atom. The van der Waals surface area contributed by atoms with Crippen molar-refractivity contribution in [1.82, 2.24) is 9.88 Å². The maximum Gasteiger partial charge on any atom is 0.222 e. The van der Waals surface area contributed by atoms with Crippen LogP contribution in [0, 0.1) is 0 Å². The number of hydrogen-bond donors (Lipinski definition) is 1. The number of aromatic nitrogens is 1. The summed E-state index contributed by atoms with van der Waals surface area (Å²) in [6.45, 7) is 5.61. The van der Waals surface area contributed by atoms with E-state index in [2.05, 4.69) is 4.98 Å². The first kappa shape index (κ1) is 14.8. The average Bonchev–Trinajstić information content (AvgIpc) is 2.38. The summed E-state index contributed by atoms with van der Waals surface area (Å²) in [5.41, 5.74) is 5.51. The third kappa shape index (κ3) is 4.96. The molecule has 2 N–H and O–H groups in total. The Bertz CT molecular complexity index is 363. The second-order valence-corrected chi connectivity index (χ2v) is 5.11. The van der Waals surface area contributed by atoms with E-state index in [4.69, 9.17) is 5.73 Å². The van der Waals surface area contributed by atoms with Gasteiger partial charge < -0.3 is 10.6 Å². The summed E-state index contributed by atoms with van der Waals surface area (Å²) in [6.07, 6.45) is 3.29. The van der Waals surface area contributed by atoms with Crippen LogP contribution in [0.1, 0.15) is 26.7 Å². The SMILES string of the molecule is CCN(CC)C(=O)CCCSc1ccc(N)nc1. The lowest BCUT2D eigenvalue weighted by atomic mass is 10.3. The fraction of sp³-hybridized carbons (Fsp3) is 0.538. The van der Waals surface area contributed by atoms with E-state index >= 15 is 0 Å². The molecule has 0 aliphatic carbocycles. The molecule has 0 aliphatic rings. The maximum atomic E-state index is 11.7. The van der Waals surface area contributed by atoms with E-state index in [1.165, 1.54) is 0 Å². The first-order valence-electron chi connectivity index (χ1n) is 6.29. The summed E-state index contributed by atoms with van der Waals surface area (Å²) >= 11 is 1.71. The van der Waals surface area contributed by atoms with Gasteiger partial charge >= 0.3 is 0 Å². The Balaban J connectivity index is 2.22. The van der Waals surface area contributed by atoms with Crippen molar-refractivity contribution in [3.8, 4) is 0 Å². The van der Waals surface area contributed by atoms with Gasteiger partial charge in [-0.25, -0.2) is 4.98 Å². The molecule has 0 atom stereocenters. The maximum absolute atomic E-state index is 11.7. The molecule has 1 rings (SSSR count). The summed E-state index contributed by atoms with van der Waals surface area (Å²) in [6, 6.07) is 3.75. The number of rotatable bonds is 7. The molecule has 0 saturated carbocycles. The quantitative estimate of drug-likeness (QED) is 0.609. The van der Waals surface area contributed by atoms with Crippen molar-refractivity contribution >= 4 is 23.5 Å². The average molecular weight is 267 g/mol. The molecule has 1 amide bonds. The van der Waals surface area contributed by atoms with Crippen molar-refractivity contribution < 1.29 is 4.79 Å². The molecule has 18 heavy (non-hydrogen) atoms. The number of carbonyl (C=O) groups excluding carboxylic acids is 1. The first-order chi connectivity index (χ1) is 8.67. The number of amides is 1. The molecule has 4 nitrogen and oxygen atoms in total. The molecule has 1 aromatic heterocycles. The van der Waals surface area contributed by atoms with E-state index in [9.17, 15) is 4.79 Å². The standard InChI is InChI=1S/C13H21N3OS/c1-3-16(4-2)13(17)6-5-9-18-11-7-8-12(14)15-10-11/h7-8,10H,3-6,9H2,1-2H3,(H2,14,15). The molecule has 100 valence electrons. The fourth-order valence-electron chi connectivity index (χ4n) is 1.62. The highest BCUT2D eigenvalue weighted by molar-refractivity contribution is 7.99. The topological polar surface area (TPSA) is 59.2 Å². The normalized spacial score (nSPS) is 10.3. The minimum absolute atomic E-state index is 0.246. The van der Waals surface area contributed by atoms with Crippen LogP contribution >= 0.6 is 11.8 Å². The van der Waals surface area contributed by atoms with Gasteiger partial charge in [0.15, 0.2) is 0 Å². The van der Waals surface area contributed by atoms with Crippen molar-refractivity contribution in [2.24, 2.45) is 0 Å². The highest BCUT2D eigenvalue weighted by atomic mass is 32.2. The number of nitrogen functional groups attached to an aromatic ring is 1. The lowest BCUT2D eigenvalue weighted by Crippen LogP contribution is -2.30. The van der Waals surface area contributed by atoms with E-state index in [0.717, 1.165) is 30.2 Å². The number of nitrogens with zero attached hydrogens (tertiary/aromatic N) is 2. The number of pyridine rings is 1. The summed E-state index contributed by atoms with van der Waals surface area (Å²) in [5, 5.41) is 0. The molecule has 0 radical (unpaired) electrons. The van der Waals surface area contributed by atoms with Crippen molar-refractivity contribution in [1.29, 1.82) is 0 Å². The van der Waals surface area contributed by atoms with Crippen LogP contribution in [0.5, 0.6) is 0 Å². The molecule has 0 unspecified atom stereocenters. The lowest BCUT2D eigenvalue weighted by molar-refractivity contribution is -0.130. The fourth-order valence-corrected chi connectivity index (χ4v) is 2.44. The van der Waals surface area contributed by atoms with Crippen molar-refractivity contribution in [2.45, 2.75) is 31.6 Å². The number of nitrogens with two attached hydrogens (primary N) is 1. The molecule has 0 spiro atoms. The lowest BCUT2D eigenvalue weighted by Gasteiger charge is -2.18. The molecule has 0 saturated heterocycles. The highest BCUT2D eigenvalue weighted by Crippen LogP contribution is 2.19. The van der Waals surface area contributed by atoms with Crippen molar-refractivity contribution in [2.75, 3.05) is 24.6 Å². The Hall–Kier alpha value is -1.23. The minimum atomic E-state index is 0.246. The zero-order valence-corrected chi connectivity index (χ0v) is 11.9. The number of anilines is 1. The molecular weight excluding hydrogens is 246 g/mol. The Labute approximate surface area is 113 Å². The molecule has 0 aromatic carbocycles. The van der Waals surface area contributed by atoms with E-state index in [0.29, 0.717) is 12.2 Å². The van der Waals surface area contributed by atoms with Gasteiger partial charge in [0, 0.05) is 30.6 Å². The van der Waals surface area contributed by atoms with Gasteiger partial charge in [0.05, 0.1) is 0 Å². The minimum Gasteiger partial charge on any atom is -0.384 e. The van der Waals surface area contributed by atoms with Crippen LogP contribution < -0.4 is 5.73 Å². The first-order valence-corrected chi connectivity index (χ1v) is 7.28. The van der Waals surface area contributed by atoms with E-state index in [1.807, 2.05) is 24.8 Å². The van der Waals surface area contributed by atoms with Gasteiger partial charge in [0.25, 0.3) is 0 Å². The van der Waals surface area contributed by atoms with Crippen LogP contribution in [-0.2, 0) is 4.79 Å². The molecule has 0 aliphatic heterocycles. The Morgan fingerprint density at radius 3 is 2.67 bits per heavy atom. The van der Waals surface area contributed by atoms with E-state index < -0.39 is 0 Å². The van der Waals surface area contributed by atoms with Gasteiger partial charge in [-0.2, -0.15) is 0 Å². The summed E-state index contributed by atoms with van der Waals surface area (Å²) in [7, 11) is 0.